The van der Waals surface area contributed by atoms with Gasteiger partial charge < -0.3 is 14.2 Å². The summed E-state index contributed by atoms with van der Waals surface area (Å²) < 4.78 is 16.2. The summed E-state index contributed by atoms with van der Waals surface area (Å²) in [6, 6.07) is 8.64. The molecule has 0 aliphatic carbocycles. The number of methoxy groups -OCH3 is 2. The molecular formula is C16H9Cl3N2O3. The zero-order valence-electron chi connectivity index (χ0n) is 12.5. The van der Waals surface area contributed by atoms with Crippen molar-refractivity contribution in [3.05, 3.63) is 44.4 Å². The highest BCUT2D eigenvalue weighted by Crippen LogP contribution is 2.48. The molecule has 8 heteroatoms. The molecule has 0 saturated carbocycles. The molecule has 0 heterocycles. The standard InChI is InChI=1S/C16H9Cl3N2O3/c1-22-10-4-3-5-11(23-2)15(10)24-16-13(18)9(7-21)8(6-20)12(17)14(16)19/h3-5H,1-2H3. The van der Waals surface area contributed by atoms with Gasteiger partial charge in [0.25, 0.3) is 0 Å². The topological polar surface area (TPSA) is 75.3 Å². The predicted octanol–water partition coefficient (Wildman–Crippen LogP) is 5.20. The Labute approximate surface area is 153 Å². The minimum atomic E-state index is -0.128. The Morgan fingerprint density at radius 2 is 1.29 bits per heavy atom. The average Bonchev–Trinajstić information content (AvgIpc) is 2.61. The van der Waals surface area contributed by atoms with E-state index in [9.17, 15) is 5.26 Å². The van der Waals surface area contributed by atoms with Crippen LogP contribution in [0, 0.1) is 22.7 Å². The van der Waals surface area contributed by atoms with E-state index < -0.39 is 0 Å². The third-order valence-electron chi connectivity index (χ3n) is 3.09. The summed E-state index contributed by atoms with van der Waals surface area (Å²) in [6.45, 7) is 0. The number of hydrogen-bond donors (Lipinski definition) is 0. The number of hydrogen-bond acceptors (Lipinski definition) is 5. The summed E-state index contributed by atoms with van der Waals surface area (Å²) in [6.07, 6.45) is 0. The average molecular weight is 384 g/mol. The molecule has 0 unspecified atom stereocenters. The molecule has 0 N–H and O–H groups in total. The van der Waals surface area contributed by atoms with E-state index in [0.717, 1.165) is 0 Å². The van der Waals surface area contributed by atoms with Gasteiger partial charge in [-0.1, -0.05) is 40.9 Å². The Balaban J connectivity index is 2.72. The minimum absolute atomic E-state index is 0.0679. The van der Waals surface area contributed by atoms with Gasteiger partial charge in [0.1, 0.15) is 22.2 Å². The van der Waals surface area contributed by atoms with Crippen LogP contribution in [-0.2, 0) is 0 Å². The van der Waals surface area contributed by atoms with Crippen molar-refractivity contribution >= 4 is 34.8 Å². The van der Waals surface area contributed by atoms with Crippen LogP contribution in [0.15, 0.2) is 18.2 Å². The molecule has 0 saturated heterocycles. The summed E-state index contributed by atoms with van der Waals surface area (Å²) in [5, 5.41) is 18.0. The van der Waals surface area contributed by atoms with Crippen LogP contribution in [0.25, 0.3) is 0 Å². The molecule has 0 spiro atoms. The largest absolute Gasteiger partial charge is 0.493 e. The maximum absolute atomic E-state index is 9.25. The maximum atomic E-state index is 9.25. The van der Waals surface area contributed by atoms with Gasteiger partial charge in [0.05, 0.1) is 30.4 Å². The van der Waals surface area contributed by atoms with Crippen molar-refractivity contribution in [1.29, 1.82) is 10.5 Å². The monoisotopic (exact) mass is 382 g/mol. The van der Waals surface area contributed by atoms with E-state index in [1.165, 1.54) is 14.2 Å². The lowest BCUT2D eigenvalue weighted by atomic mass is 10.1. The van der Waals surface area contributed by atoms with Gasteiger partial charge in [0, 0.05) is 0 Å². The summed E-state index contributed by atoms with van der Waals surface area (Å²) in [4.78, 5) is 0. The fraction of sp³-hybridized carbons (Fsp3) is 0.125. The first kappa shape index (κ1) is 18.0. The number of rotatable bonds is 4. The van der Waals surface area contributed by atoms with Crippen molar-refractivity contribution in [3.63, 3.8) is 0 Å². The normalized spacial score (nSPS) is 9.79. The van der Waals surface area contributed by atoms with E-state index in [1.807, 2.05) is 6.07 Å². The molecule has 2 rings (SSSR count). The Kier molecular flexibility index (Phi) is 5.64. The van der Waals surface area contributed by atoms with Crippen LogP contribution in [0.1, 0.15) is 11.1 Å². The second kappa shape index (κ2) is 7.51. The van der Waals surface area contributed by atoms with Gasteiger partial charge in [-0.25, -0.2) is 0 Å². The summed E-state index contributed by atoms with van der Waals surface area (Å²) in [5.41, 5.74) is -0.245. The second-order valence-electron chi connectivity index (χ2n) is 4.34. The van der Waals surface area contributed by atoms with Crippen molar-refractivity contribution in [2.75, 3.05) is 14.2 Å². The Morgan fingerprint density at radius 3 is 1.75 bits per heavy atom. The molecule has 0 amide bonds. The fourth-order valence-electron chi connectivity index (χ4n) is 1.96. The SMILES string of the molecule is COc1cccc(OC)c1Oc1c(Cl)c(Cl)c(C#N)c(C#N)c1Cl. The van der Waals surface area contributed by atoms with Crippen molar-refractivity contribution in [1.82, 2.24) is 0 Å². The predicted molar refractivity (Wildman–Crippen MR) is 90.5 cm³/mol. The van der Waals surface area contributed by atoms with Gasteiger partial charge in [-0.05, 0) is 12.1 Å². The fourth-order valence-corrected chi connectivity index (χ4v) is 2.73. The maximum Gasteiger partial charge on any atom is 0.211 e. The van der Waals surface area contributed by atoms with Crippen molar-refractivity contribution < 1.29 is 14.2 Å². The number of benzene rings is 2. The number of nitrogens with zero attached hydrogens (tertiary/aromatic N) is 2. The lowest BCUT2D eigenvalue weighted by Crippen LogP contribution is -1.98. The van der Waals surface area contributed by atoms with Crippen molar-refractivity contribution in [3.8, 4) is 35.1 Å². The summed E-state index contributed by atoms with van der Waals surface area (Å²) in [5.74, 6) is 0.860. The van der Waals surface area contributed by atoms with E-state index >= 15 is 0 Å². The third-order valence-corrected chi connectivity index (χ3v) is 4.29. The van der Waals surface area contributed by atoms with Crippen molar-refractivity contribution in [2.45, 2.75) is 0 Å². The van der Waals surface area contributed by atoms with Crippen LogP contribution in [0.5, 0.6) is 23.0 Å². The molecule has 24 heavy (non-hydrogen) atoms. The Bertz CT molecular complexity index is 864. The smallest absolute Gasteiger partial charge is 0.211 e. The Morgan fingerprint density at radius 1 is 0.792 bits per heavy atom. The minimum Gasteiger partial charge on any atom is -0.493 e. The van der Waals surface area contributed by atoms with Crippen LogP contribution < -0.4 is 14.2 Å². The highest BCUT2D eigenvalue weighted by molar-refractivity contribution is 6.46. The van der Waals surface area contributed by atoms with Crippen molar-refractivity contribution in [2.24, 2.45) is 0 Å². The Hall–Kier alpha value is -2.31. The van der Waals surface area contributed by atoms with E-state index in [-0.39, 0.29) is 37.7 Å². The van der Waals surface area contributed by atoms with Gasteiger partial charge >= 0.3 is 0 Å². The molecule has 5 nitrogen and oxygen atoms in total. The zero-order chi connectivity index (χ0) is 17.9. The van der Waals surface area contributed by atoms with Gasteiger partial charge in [-0.2, -0.15) is 10.5 Å². The lowest BCUT2D eigenvalue weighted by molar-refractivity contribution is 0.346. The molecule has 0 fully saturated rings. The van der Waals surface area contributed by atoms with Crippen LogP contribution in [0.2, 0.25) is 15.1 Å². The third kappa shape index (κ3) is 3.02. The highest BCUT2D eigenvalue weighted by atomic mass is 35.5. The van der Waals surface area contributed by atoms with Gasteiger partial charge in [-0.3, -0.25) is 0 Å². The molecule has 2 aromatic carbocycles. The van der Waals surface area contributed by atoms with Gasteiger partial charge in [0.2, 0.25) is 5.75 Å². The molecule has 2 aromatic rings. The highest BCUT2D eigenvalue weighted by Gasteiger charge is 2.25. The number of para-hydroxylation sites is 1. The molecule has 0 aliphatic rings. The van der Waals surface area contributed by atoms with Crippen LogP contribution >= 0.6 is 34.8 Å². The molecule has 0 bridgehead atoms. The van der Waals surface area contributed by atoms with E-state index in [0.29, 0.717) is 11.5 Å². The number of halogens is 3. The summed E-state index contributed by atoms with van der Waals surface area (Å²) >= 11 is 18.4. The molecule has 0 atom stereocenters. The second-order valence-corrected chi connectivity index (χ2v) is 5.47. The molecule has 0 aromatic heterocycles. The first-order valence-electron chi connectivity index (χ1n) is 6.39. The van der Waals surface area contributed by atoms with Crippen LogP contribution in [0.4, 0.5) is 0 Å². The lowest BCUT2D eigenvalue weighted by Gasteiger charge is -2.17. The van der Waals surface area contributed by atoms with E-state index in [4.69, 9.17) is 54.3 Å². The summed E-state index contributed by atoms with van der Waals surface area (Å²) in [7, 11) is 2.91. The molecule has 0 aliphatic heterocycles. The quantitative estimate of drug-likeness (QED) is 0.678. The number of ether oxygens (including phenoxy) is 3. The van der Waals surface area contributed by atoms with Crippen LogP contribution in [-0.4, -0.2) is 14.2 Å². The molecule has 0 radical (unpaired) electrons. The molecule has 122 valence electrons. The molecular weight excluding hydrogens is 375 g/mol. The first-order valence-corrected chi connectivity index (χ1v) is 7.53. The zero-order valence-corrected chi connectivity index (χ0v) is 14.8. The van der Waals surface area contributed by atoms with E-state index in [2.05, 4.69) is 0 Å². The first-order chi connectivity index (χ1) is 11.5. The van der Waals surface area contributed by atoms with Crippen LogP contribution in [0.3, 0.4) is 0 Å². The van der Waals surface area contributed by atoms with E-state index in [1.54, 1.807) is 24.3 Å². The number of nitriles is 2. The van der Waals surface area contributed by atoms with Gasteiger partial charge in [-0.15, -0.1) is 0 Å². The van der Waals surface area contributed by atoms with Gasteiger partial charge in [0.15, 0.2) is 17.2 Å².